The predicted molar refractivity (Wildman–Crippen MR) is 44.4 cm³/mol. The van der Waals surface area contributed by atoms with E-state index in [1.54, 1.807) is 0 Å². The molecular weight excluding hydrogens is 136 g/mol. The van der Waals surface area contributed by atoms with Crippen LogP contribution in [-0.4, -0.2) is 5.11 Å². The van der Waals surface area contributed by atoms with E-state index in [0.717, 1.165) is 12.0 Å². The first-order chi connectivity index (χ1) is 5.42. The Morgan fingerprint density at radius 3 is 3.00 bits per heavy atom. The smallest absolute Gasteiger partial charge is 0.0684 e. The van der Waals surface area contributed by atoms with Crippen molar-refractivity contribution in [3.05, 3.63) is 34.9 Å². The number of hydrogen-bond donors (Lipinski definition) is 1. The first-order valence-electron chi connectivity index (χ1n) is 4.12. The van der Waals surface area contributed by atoms with Crippen molar-refractivity contribution in [3.8, 4) is 0 Å². The Hall–Kier alpha value is -0.820. The van der Waals surface area contributed by atoms with E-state index in [4.69, 9.17) is 5.11 Å². The van der Waals surface area contributed by atoms with Crippen LogP contribution in [0.4, 0.5) is 0 Å². The van der Waals surface area contributed by atoms with Gasteiger partial charge < -0.3 is 5.11 Å². The Morgan fingerprint density at radius 1 is 1.27 bits per heavy atom. The Labute approximate surface area is 66.7 Å². The Morgan fingerprint density at radius 2 is 2.18 bits per heavy atom. The second kappa shape index (κ2) is 2.67. The van der Waals surface area contributed by atoms with Gasteiger partial charge in [-0.3, -0.25) is 0 Å². The average molecular weight is 148 g/mol. The fraction of sp³-hybridized carbons (Fsp3) is 0.400. The van der Waals surface area contributed by atoms with E-state index in [1.807, 2.05) is 12.1 Å². The van der Waals surface area contributed by atoms with Crippen LogP contribution in [0.3, 0.4) is 0 Å². The van der Waals surface area contributed by atoms with Crippen molar-refractivity contribution in [1.82, 2.24) is 0 Å². The van der Waals surface area contributed by atoms with Crippen molar-refractivity contribution in [2.75, 3.05) is 0 Å². The zero-order valence-electron chi connectivity index (χ0n) is 6.51. The van der Waals surface area contributed by atoms with Gasteiger partial charge in [-0.05, 0) is 36.0 Å². The van der Waals surface area contributed by atoms with Gasteiger partial charge in [0.1, 0.15) is 0 Å². The lowest BCUT2D eigenvalue weighted by Crippen LogP contribution is -1.91. The largest absolute Gasteiger partial charge is 0.392 e. The molecule has 11 heavy (non-hydrogen) atoms. The Balaban J connectivity index is 2.50. The topological polar surface area (TPSA) is 20.2 Å². The van der Waals surface area contributed by atoms with E-state index < -0.39 is 0 Å². The maximum atomic E-state index is 9.00. The molecular formula is C10H12O. The number of fused-ring (bicyclic) bond motifs is 1. The molecule has 0 aliphatic heterocycles. The predicted octanol–water partition coefficient (Wildman–Crippen LogP) is 1.67. The molecule has 0 bridgehead atoms. The summed E-state index contributed by atoms with van der Waals surface area (Å²) in [6, 6.07) is 6.22. The highest BCUT2D eigenvalue weighted by atomic mass is 16.3. The first kappa shape index (κ1) is 6.86. The standard InChI is InChI=1S/C10H12O/c11-7-9-5-1-3-8-4-2-6-10(8)9/h1,3,5,11H,2,4,6-7H2. The van der Waals surface area contributed by atoms with E-state index in [9.17, 15) is 0 Å². The molecule has 58 valence electrons. The molecule has 1 nitrogen and oxygen atoms in total. The van der Waals surface area contributed by atoms with Crippen molar-refractivity contribution in [3.63, 3.8) is 0 Å². The number of benzene rings is 1. The van der Waals surface area contributed by atoms with Crippen LogP contribution in [0.1, 0.15) is 23.1 Å². The highest BCUT2D eigenvalue weighted by Crippen LogP contribution is 2.24. The summed E-state index contributed by atoms with van der Waals surface area (Å²) in [6.45, 7) is 0.198. The van der Waals surface area contributed by atoms with Crippen LogP contribution in [0.25, 0.3) is 0 Å². The summed E-state index contributed by atoms with van der Waals surface area (Å²) < 4.78 is 0. The van der Waals surface area contributed by atoms with Gasteiger partial charge in [-0.25, -0.2) is 0 Å². The quantitative estimate of drug-likeness (QED) is 0.642. The number of hydrogen-bond acceptors (Lipinski definition) is 1. The maximum Gasteiger partial charge on any atom is 0.0684 e. The number of rotatable bonds is 1. The molecule has 0 amide bonds. The molecule has 1 heteroatoms. The minimum absolute atomic E-state index is 0.198. The number of aryl methyl sites for hydroxylation is 1. The summed E-state index contributed by atoms with van der Waals surface area (Å²) in [5.74, 6) is 0. The van der Waals surface area contributed by atoms with E-state index in [2.05, 4.69) is 6.07 Å². The monoisotopic (exact) mass is 148 g/mol. The molecule has 1 N–H and O–H groups in total. The molecule has 1 aromatic carbocycles. The highest BCUT2D eigenvalue weighted by Gasteiger charge is 2.12. The van der Waals surface area contributed by atoms with Crippen molar-refractivity contribution in [2.24, 2.45) is 0 Å². The summed E-state index contributed by atoms with van der Waals surface area (Å²) in [5.41, 5.74) is 3.96. The van der Waals surface area contributed by atoms with Gasteiger partial charge in [-0.2, -0.15) is 0 Å². The van der Waals surface area contributed by atoms with Crippen LogP contribution in [0.2, 0.25) is 0 Å². The van der Waals surface area contributed by atoms with Gasteiger partial charge in [0, 0.05) is 0 Å². The second-order valence-electron chi connectivity index (χ2n) is 3.07. The number of aliphatic hydroxyl groups excluding tert-OH is 1. The molecule has 0 radical (unpaired) electrons. The van der Waals surface area contributed by atoms with Gasteiger partial charge in [-0.15, -0.1) is 0 Å². The van der Waals surface area contributed by atoms with Crippen LogP contribution < -0.4 is 0 Å². The van der Waals surface area contributed by atoms with Crippen LogP contribution in [0, 0.1) is 0 Å². The SMILES string of the molecule is OCc1cccc2c1CCC2. The zero-order chi connectivity index (χ0) is 7.68. The van der Waals surface area contributed by atoms with Gasteiger partial charge in [0.2, 0.25) is 0 Å². The molecule has 0 aromatic heterocycles. The molecule has 1 aliphatic rings. The maximum absolute atomic E-state index is 9.00. The van der Waals surface area contributed by atoms with Gasteiger partial charge in [0.05, 0.1) is 6.61 Å². The second-order valence-corrected chi connectivity index (χ2v) is 3.07. The molecule has 0 saturated heterocycles. The van der Waals surface area contributed by atoms with Crippen molar-refractivity contribution in [2.45, 2.75) is 25.9 Å². The van der Waals surface area contributed by atoms with Gasteiger partial charge in [0.25, 0.3) is 0 Å². The molecule has 0 atom stereocenters. The molecule has 1 aromatic rings. The third-order valence-electron chi connectivity index (χ3n) is 2.41. The van der Waals surface area contributed by atoms with E-state index in [1.165, 1.54) is 24.0 Å². The summed E-state index contributed by atoms with van der Waals surface area (Å²) in [4.78, 5) is 0. The summed E-state index contributed by atoms with van der Waals surface area (Å²) in [5, 5.41) is 9.00. The molecule has 1 aliphatic carbocycles. The van der Waals surface area contributed by atoms with Crippen molar-refractivity contribution < 1.29 is 5.11 Å². The van der Waals surface area contributed by atoms with Crippen molar-refractivity contribution in [1.29, 1.82) is 0 Å². The van der Waals surface area contributed by atoms with E-state index in [-0.39, 0.29) is 6.61 Å². The van der Waals surface area contributed by atoms with Gasteiger partial charge >= 0.3 is 0 Å². The third kappa shape index (κ3) is 1.05. The van der Waals surface area contributed by atoms with Crippen LogP contribution in [-0.2, 0) is 19.4 Å². The minimum atomic E-state index is 0.198. The fourth-order valence-corrected chi connectivity index (χ4v) is 1.85. The Bertz CT molecular complexity index is 266. The highest BCUT2D eigenvalue weighted by molar-refractivity contribution is 5.37. The fourth-order valence-electron chi connectivity index (χ4n) is 1.85. The molecule has 2 rings (SSSR count). The lowest BCUT2D eigenvalue weighted by atomic mass is 10.0. The molecule has 0 unspecified atom stereocenters. The molecule has 0 saturated carbocycles. The lowest BCUT2D eigenvalue weighted by molar-refractivity contribution is 0.280. The molecule has 0 fully saturated rings. The van der Waals surface area contributed by atoms with Crippen LogP contribution >= 0.6 is 0 Å². The van der Waals surface area contributed by atoms with Gasteiger partial charge in [-0.1, -0.05) is 18.2 Å². The zero-order valence-corrected chi connectivity index (χ0v) is 6.51. The average Bonchev–Trinajstić information content (AvgIpc) is 2.50. The van der Waals surface area contributed by atoms with E-state index >= 15 is 0 Å². The lowest BCUT2D eigenvalue weighted by Gasteiger charge is -2.03. The minimum Gasteiger partial charge on any atom is -0.392 e. The normalized spacial score (nSPS) is 15.0. The summed E-state index contributed by atoms with van der Waals surface area (Å²) in [6.07, 6.45) is 3.61. The van der Waals surface area contributed by atoms with E-state index in [0.29, 0.717) is 0 Å². The molecule has 0 heterocycles. The van der Waals surface area contributed by atoms with Gasteiger partial charge in [0.15, 0.2) is 0 Å². The molecule has 0 spiro atoms. The Kier molecular flexibility index (Phi) is 1.66. The summed E-state index contributed by atoms with van der Waals surface area (Å²) >= 11 is 0. The van der Waals surface area contributed by atoms with Crippen molar-refractivity contribution >= 4 is 0 Å². The van der Waals surface area contributed by atoms with Crippen LogP contribution in [0.15, 0.2) is 18.2 Å². The number of aliphatic hydroxyl groups is 1. The summed E-state index contributed by atoms with van der Waals surface area (Å²) in [7, 11) is 0. The first-order valence-corrected chi connectivity index (χ1v) is 4.12. The third-order valence-corrected chi connectivity index (χ3v) is 2.41. The van der Waals surface area contributed by atoms with Crippen LogP contribution in [0.5, 0.6) is 0 Å².